The van der Waals surface area contributed by atoms with Crippen LogP contribution in [0, 0.1) is 5.92 Å². The molecule has 0 aromatic rings. The quantitative estimate of drug-likeness (QED) is 0.780. The van der Waals surface area contributed by atoms with E-state index in [1.54, 1.807) is 0 Å². The lowest BCUT2D eigenvalue weighted by Gasteiger charge is -2.23. The Balaban J connectivity index is 1.63. The van der Waals surface area contributed by atoms with E-state index in [-0.39, 0.29) is 0 Å². The van der Waals surface area contributed by atoms with Crippen LogP contribution in [0.3, 0.4) is 0 Å². The average Bonchev–Trinajstić information content (AvgIpc) is 2.61. The predicted molar refractivity (Wildman–Crippen MR) is 66.5 cm³/mol. The van der Waals surface area contributed by atoms with Crippen LogP contribution >= 0.6 is 0 Å². The molecule has 3 heteroatoms. The normalized spacial score (nSPS) is 29.4. The maximum absolute atomic E-state index is 9.10. The SMILES string of the molecule is OCC1CCN(CCN2CCCCCC2)C1. The lowest BCUT2D eigenvalue weighted by molar-refractivity contribution is 0.204. The monoisotopic (exact) mass is 226 g/mol. The lowest BCUT2D eigenvalue weighted by atomic mass is 10.1. The molecular weight excluding hydrogens is 200 g/mol. The summed E-state index contributed by atoms with van der Waals surface area (Å²) in [4.78, 5) is 5.14. The van der Waals surface area contributed by atoms with Gasteiger partial charge in [0.15, 0.2) is 0 Å². The second-order valence-corrected chi connectivity index (χ2v) is 5.39. The first-order chi connectivity index (χ1) is 7.88. The summed E-state index contributed by atoms with van der Waals surface area (Å²) in [6.45, 7) is 7.73. The second kappa shape index (κ2) is 6.58. The Morgan fingerprint density at radius 1 is 0.875 bits per heavy atom. The van der Waals surface area contributed by atoms with Gasteiger partial charge in [-0.2, -0.15) is 0 Å². The molecule has 0 spiro atoms. The molecule has 0 saturated carbocycles. The zero-order chi connectivity index (χ0) is 11.2. The second-order valence-electron chi connectivity index (χ2n) is 5.39. The molecule has 94 valence electrons. The molecule has 0 amide bonds. The zero-order valence-corrected chi connectivity index (χ0v) is 10.4. The van der Waals surface area contributed by atoms with Gasteiger partial charge in [0.1, 0.15) is 0 Å². The first-order valence-corrected chi connectivity index (χ1v) is 6.94. The van der Waals surface area contributed by atoms with E-state index in [2.05, 4.69) is 9.80 Å². The van der Waals surface area contributed by atoms with Crippen molar-refractivity contribution in [1.82, 2.24) is 9.80 Å². The van der Waals surface area contributed by atoms with Crippen LogP contribution in [-0.2, 0) is 0 Å². The van der Waals surface area contributed by atoms with Crippen molar-refractivity contribution in [1.29, 1.82) is 0 Å². The molecule has 2 aliphatic heterocycles. The summed E-state index contributed by atoms with van der Waals surface area (Å²) < 4.78 is 0. The molecular formula is C13H26N2O. The minimum atomic E-state index is 0.375. The Labute approximate surface area is 99.4 Å². The van der Waals surface area contributed by atoms with E-state index in [0.29, 0.717) is 12.5 Å². The molecule has 0 aromatic heterocycles. The molecule has 3 nitrogen and oxygen atoms in total. The smallest absolute Gasteiger partial charge is 0.0471 e. The molecule has 2 aliphatic rings. The third kappa shape index (κ3) is 3.72. The summed E-state index contributed by atoms with van der Waals surface area (Å²) in [5.74, 6) is 0.545. The molecule has 0 bridgehead atoms. The number of likely N-dealkylation sites (tertiary alicyclic amines) is 2. The van der Waals surface area contributed by atoms with Gasteiger partial charge in [0.25, 0.3) is 0 Å². The zero-order valence-electron chi connectivity index (χ0n) is 10.4. The molecule has 1 unspecified atom stereocenters. The Bertz CT molecular complexity index is 190. The maximum atomic E-state index is 9.10. The van der Waals surface area contributed by atoms with E-state index >= 15 is 0 Å². The van der Waals surface area contributed by atoms with Crippen molar-refractivity contribution in [3.8, 4) is 0 Å². The van der Waals surface area contributed by atoms with Crippen LogP contribution in [0.25, 0.3) is 0 Å². The maximum Gasteiger partial charge on any atom is 0.0471 e. The highest BCUT2D eigenvalue weighted by molar-refractivity contribution is 4.76. The number of aliphatic hydroxyl groups excluding tert-OH is 1. The first kappa shape index (κ1) is 12.3. The minimum absolute atomic E-state index is 0.375. The van der Waals surface area contributed by atoms with E-state index in [4.69, 9.17) is 5.11 Å². The summed E-state index contributed by atoms with van der Waals surface area (Å²) in [7, 11) is 0. The number of nitrogens with zero attached hydrogens (tertiary/aromatic N) is 2. The third-order valence-corrected chi connectivity index (χ3v) is 4.06. The van der Waals surface area contributed by atoms with Crippen LogP contribution < -0.4 is 0 Å². The standard InChI is InChI=1S/C13H26N2O/c16-12-13-5-8-15(11-13)10-9-14-6-3-1-2-4-7-14/h13,16H,1-12H2. The predicted octanol–water partition coefficient (Wildman–Crippen LogP) is 1.18. The summed E-state index contributed by atoms with van der Waals surface area (Å²) >= 11 is 0. The van der Waals surface area contributed by atoms with Gasteiger partial charge in [0, 0.05) is 26.2 Å². The lowest BCUT2D eigenvalue weighted by Crippen LogP contribution is -2.34. The van der Waals surface area contributed by atoms with Gasteiger partial charge in [0.05, 0.1) is 0 Å². The molecule has 1 N–H and O–H groups in total. The molecule has 0 radical (unpaired) electrons. The summed E-state index contributed by atoms with van der Waals surface area (Å²) in [6.07, 6.45) is 6.81. The van der Waals surface area contributed by atoms with Crippen molar-refractivity contribution in [2.24, 2.45) is 5.92 Å². The Morgan fingerprint density at radius 2 is 1.56 bits per heavy atom. The number of aliphatic hydroxyl groups is 1. The molecule has 16 heavy (non-hydrogen) atoms. The van der Waals surface area contributed by atoms with Crippen LogP contribution in [-0.4, -0.2) is 60.8 Å². The molecule has 2 saturated heterocycles. The topological polar surface area (TPSA) is 26.7 Å². The highest BCUT2D eigenvalue weighted by Crippen LogP contribution is 2.15. The number of hydrogen-bond acceptors (Lipinski definition) is 3. The van der Waals surface area contributed by atoms with Gasteiger partial charge in [0.2, 0.25) is 0 Å². The van der Waals surface area contributed by atoms with Crippen LogP contribution in [0.4, 0.5) is 0 Å². The van der Waals surface area contributed by atoms with Gasteiger partial charge in [-0.05, 0) is 44.8 Å². The molecule has 0 aromatic carbocycles. The molecule has 2 rings (SSSR count). The largest absolute Gasteiger partial charge is 0.396 e. The summed E-state index contributed by atoms with van der Waals surface area (Å²) in [5.41, 5.74) is 0. The van der Waals surface area contributed by atoms with Gasteiger partial charge < -0.3 is 14.9 Å². The van der Waals surface area contributed by atoms with E-state index < -0.39 is 0 Å². The Hall–Kier alpha value is -0.120. The van der Waals surface area contributed by atoms with Crippen molar-refractivity contribution < 1.29 is 5.11 Å². The van der Waals surface area contributed by atoms with E-state index in [1.807, 2.05) is 0 Å². The van der Waals surface area contributed by atoms with Gasteiger partial charge >= 0.3 is 0 Å². The van der Waals surface area contributed by atoms with Crippen molar-refractivity contribution in [3.63, 3.8) is 0 Å². The molecule has 2 fully saturated rings. The fourth-order valence-electron chi connectivity index (χ4n) is 2.91. The van der Waals surface area contributed by atoms with Gasteiger partial charge in [-0.25, -0.2) is 0 Å². The molecule has 0 aliphatic carbocycles. The van der Waals surface area contributed by atoms with Gasteiger partial charge in [-0.1, -0.05) is 12.8 Å². The molecule has 2 heterocycles. The highest BCUT2D eigenvalue weighted by Gasteiger charge is 2.21. The van der Waals surface area contributed by atoms with Crippen molar-refractivity contribution in [2.75, 3.05) is 45.9 Å². The first-order valence-electron chi connectivity index (χ1n) is 6.94. The summed E-state index contributed by atoms with van der Waals surface area (Å²) in [5, 5.41) is 9.10. The third-order valence-electron chi connectivity index (χ3n) is 4.06. The van der Waals surface area contributed by atoms with Crippen LogP contribution in [0.5, 0.6) is 0 Å². The van der Waals surface area contributed by atoms with Crippen LogP contribution in [0.15, 0.2) is 0 Å². The van der Waals surface area contributed by atoms with E-state index in [9.17, 15) is 0 Å². The van der Waals surface area contributed by atoms with Crippen molar-refractivity contribution in [3.05, 3.63) is 0 Å². The van der Waals surface area contributed by atoms with E-state index in [1.165, 1.54) is 64.8 Å². The minimum Gasteiger partial charge on any atom is -0.396 e. The fraction of sp³-hybridized carbons (Fsp3) is 1.00. The number of hydrogen-bond donors (Lipinski definition) is 1. The number of rotatable bonds is 4. The van der Waals surface area contributed by atoms with Gasteiger partial charge in [-0.15, -0.1) is 0 Å². The highest BCUT2D eigenvalue weighted by atomic mass is 16.3. The van der Waals surface area contributed by atoms with Crippen molar-refractivity contribution in [2.45, 2.75) is 32.1 Å². The average molecular weight is 226 g/mol. The summed E-state index contributed by atoms with van der Waals surface area (Å²) in [6, 6.07) is 0. The van der Waals surface area contributed by atoms with Crippen LogP contribution in [0.1, 0.15) is 32.1 Å². The molecule has 1 atom stereocenters. The Morgan fingerprint density at radius 3 is 2.19 bits per heavy atom. The van der Waals surface area contributed by atoms with Gasteiger partial charge in [-0.3, -0.25) is 0 Å². The van der Waals surface area contributed by atoms with E-state index in [0.717, 1.165) is 6.54 Å². The van der Waals surface area contributed by atoms with Crippen LogP contribution in [0.2, 0.25) is 0 Å². The fourth-order valence-corrected chi connectivity index (χ4v) is 2.91. The Kier molecular flexibility index (Phi) is 5.07. The van der Waals surface area contributed by atoms with Crippen molar-refractivity contribution >= 4 is 0 Å².